The number of aromatic nitrogens is 1. The molecule has 1 aliphatic heterocycles. The van der Waals surface area contributed by atoms with Crippen LogP contribution in [0.15, 0.2) is 11.3 Å². The molecular weight excluding hydrogens is 310 g/mol. The first kappa shape index (κ1) is 14.9. The number of ether oxygens (including phenoxy) is 2. The Morgan fingerprint density at radius 1 is 1.65 bits per heavy atom. The number of hydrogen-bond acceptors (Lipinski definition) is 6. The molecule has 110 valence electrons. The maximum atomic E-state index is 10.7. The Morgan fingerprint density at radius 3 is 3.00 bits per heavy atom. The van der Waals surface area contributed by atoms with E-state index in [4.69, 9.17) is 21.1 Å². The van der Waals surface area contributed by atoms with Gasteiger partial charge in [0.05, 0.1) is 6.54 Å². The van der Waals surface area contributed by atoms with Crippen molar-refractivity contribution in [3.63, 3.8) is 0 Å². The highest BCUT2D eigenvalue weighted by atomic mass is 35.5. The first-order valence-corrected chi connectivity index (χ1v) is 6.69. The fourth-order valence-electron chi connectivity index (χ4n) is 1.69. The van der Waals surface area contributed by atoms with Gasteiger partial charge in [-0.05, 0) is 0 Å². The maximum Gasteiger partial charge on any atom is 0.279 e. The molecule has 0 radical (unpaired) electrons. The molecule has 0 aromatic carbocycles. The summed E-state index contributed by atoms with van der Waals surface area (Å²) in [5.41, 5.74) is 0. The predicted octanol–water partition coefficient (Wildman–Crippen LogP) is 0.997. The Morgan fingerprint density at radius 2 is 2.40 bits per heavy atom. The Bertz CT molecular complexity index is 508. The molecule has 0 N–H and O–H groups in total. The molecule has 0 atom stereocenters. The van der Waals surface area contributed by atoms with E-state index in [0.29, 0.717) is 11.0 Å². The SMILES string of the molecule is COCN1COCN(Cc2cnc(Cl)s2)/C1=N/[N+](=O)[O-]. The molecule has 2 heterocycles. The van der Waals surface area contributed by atoms with Gasteiger partial charge in [-0.1, -0.05) is 11.6 Å². The lowest BCUT2D eigenvalue weighted by molar-refractivity contribution is -0.487. The minimum atomic E-state index is -0.740. The number of halogens is 1. The standard InChI is InChI=1S/C9H12ClN5O4S/c1-18-4-14-6-19-5-13(9(14)12-15(16)17)3-7-2-11-8(10)20-7/h2H,3-6H2,1H3/b12-9-. The van der Waals surface area contributed by atoms with E-state index in [0.717, 1.165) is 4.88 Å². The van der Waals surface area contributed by atoms with E-state index in [1.54, 1.807) is 11.1 Å². The van der Waals surface area contributed by atoms with Gasteiger partial charge in [0.2, 0.25) is 0 Å². The molecule has 0 bridgehead atoms. The first-order valence-electron chi connectivity index (χ1n) is 5.50. The smallest absolute Gasteiger partial charge is 0.279 e. The van der Waals surface area contributed by atoms with Gasteiger partial charge in [0.15, 0.2) is 9.50 Å². The van der Waals surface area contributed by atoms with Crippen molar-refractivity contribution in [1.29, 1.82) is 0 Å². The van der Waals surface area contributed by atoms with Crippen LogP contribution >= 0.6 is 22.9 Å². The van der Waals surface area contributed by atoms with Crippen molar-refractivity contribution in [2.45, 2.75) is 6.54 Å². The van der Waals surface area contributed by atoms with Crippen LogP contribution in [0.5, 0.6) is 0 Å². The second kappa shape index (κ2) is 6.79. The van der Waals surface area contributed by atoms with Gasteiger partial charge in [-0.25, -0.2) is 15.1 Å². The van der Waals surface area contributed by atoms with E-state index in [9.17, 15) is 10.1 Å². The van der Waals surface area contributed by atoms with Crippen LogP contribution in [0, 0.1) is 10.1 Å². The van der Waals surface area contributed by atoms with E-state index in [-0.39, 0.29) is 26.2 Å². The summed E-state index contributed by atoms with van der Waals surface area (Å²) in [5, 5.41) is 13.3. The summed E-state index contributed by atoms with van der Waals surface area (Å²) in [6.45, 7) is 0.896. The Labute approximate surface area is 123 Å². The number of hydrogen-bond donors (Lipinski definition) is 0. The van der Waals surface area contributed by atoms with Crippen LogP contribution in [0.3, 0.4) is 0 Å². The largest absolute Gasteiger partial charge is 0.364 e. The van der Waals surface area contributed by atoms with Gasteiger partial charge in [0.1, 0.15) is 25.3 Å². The number of hydrazone groups is 1. The van der Waals surface area contributed by atoms with E-state index >= 15 is 0 Å². The zero-order valence-electron chi connectivity index (χ0n) is 10.6. The highest BCUT2D eigenvalue weighted by Gasteiger charge is 2.28. The minimum Gasteiger partial charge on any atom is -0.364 e. The van der Waals surface area contributed by atoms with Crippen LogP contribution in [0.25, 0.3) is 0 Å². The average Bonchev–Trinajstić information content (AvgIpc) is 2.78. The number of thiazole rings is 1. The quantitative estimate of drug-likeness (QED) is 0.590. The van der Waals surface area contributed by atoms with Gasteiger partial charge in [-0.15, -0.1) is 11.3 Å². The molecule has 11 heteroatoms. The van der Waals surface area contributed by atoms with Gasteiger partial charge in [0, 0.05) is 18.2 Å². The molecule has 0 unspecified atom stereocenters. The number of guanidine groups is 1. The van der Waals surface area contributed by atoms with Crippen LogP contribution in [0.2, 0.25) is 4.47 Å². The first-order chi connectivity index (χ1) is 9.60. The van der Waals surface area contributed by atoms with Crippen molar-refractivity contribution in [3.8, 4) is 0 Å². The molecule has 2 rings (SSSR count). The molecule has 9 nitrogen and oxygen atoms in total. The molecule has 1 saturated heterocycles. The molecule has 20 heavy (non-hydrogen) atoms. The number of nitrogens with zero attached hydrogens (tertiary/aromatic N) is 5. The summed E-state index contributed by atoms with van der Waals surface area (Å²) >= 11 is 7.07. The second-order valence-corrected chi connectivity index (χ2v) is 5.53. The third-order valence-electron chi connectivity index (χ3n) is 2.39. The summed E-state index contributed by atoms with van der Waals surface area (Å²) in [6.07, 6.45) is 1.62. The number of rotatable bonds is 5. The van der Waals surface area contributed by atoms with Crippen molar-refractivity contribution in [3.05, 3.63) is 25.7 Å². The third-order valence-corrected chi connectivity index (χ3v) is 3.49. The van der Waals surface area contributed by atoms with Gasteiger partial charge in [-0.2, -0.15) is 0 Å². The summed E-state index contributed by atoms with van der Waals surface area (Å²) < 4.78 is 10.8. The van der Waals surface area contributed by atoms with Gasteiger partial charge in [-0.3, -0.25) is 4.90 Å². The van der Waals surface area contributed by atoms with Gasteiger partial charge in [0.25, 0.3) is 5.96 Å². The highest BCUT2D eigenvalue weighted by molar-refractivity contribution is 7.15. The molecule has 1 aromatic rings. The summed E-state index contributed by atoms with van der Waals surface area (Å²) in [4.78, 5) is 18.6. The summed E-state index contributed by atoms with van der Waals surface area (Å²) in [7, 11) is 1.49. The fraction of sp³-hybridized carbons (Fsp3) is 0.556. The lowest BCUT2D eigenvalue weighted by Gasteiger charge is -2.35. The Balaban J connectivity index is 2.17. The van der Waals surface area contributed by atoms with E-state index in [1.807, 2.05) is 0 Å². The summed E-state index contributed by atoms with van der Waals surface area (Å²) in [6, 6.07) is 0. The topological polar surface area (TPSA) is 93.3 Å². The zero-order chi connectivity index (χ0) is 14.5. The Hall–Kier alpha value is -1.49. The zero-order valence-corrected chi connectivity index (χ0v) is 12.1. The lowest BCUT2D eigenvalue weighted by atomic mass is 10.4. The number of nitro groups is 1. The molecule has 0 aliphatic carbocycles. The minimum absolute atomic E-state index is 0.145. The average molecular weight is 322 g/mol. The van der Waals surface area contributed by atoms with Gasteiger partial charge < -0.3 is 14.4 Å². The van der Waals surface area contributed by atoms with Crippen molar-refractivity contribution in [2.75, 3.05) is 27.3 Å². The lowest BCUT2D eigenvalue weighted by Crippen LogP contribution is -2.51. The van der Waals surface area contributed by atoms with Crippen LogP contribution in [0.4, 0.5) is 0 Å². The predicted molar refractivity (Wildman–Crippen MR) is 71.6 cm³/mol. The van der Waals surface area contributed by atoms with Crippen molar-refractivity contribution in [1.82, 2.24) is 14.8 Å². The van der Waals surface area contributed by atoms with E-state index in [2.05, 4.69) is 10.1 Å². The van der Waals surface area contributed by atoms with Crippen molar-refractivity contribution in [2.24, 2.45) is 5.10 Å². The Kier molecular flexibility index (Phi) is 5.06. The van der Waals surface area contributed by atoms with Crippen molar-refractivity contribution >= 4 is 28.9 Å². The second-order valence-electron chi connectivity index (χ2n) is 3.84. The molecule has 0 saturated carbocycles. The molecule has 1 fully saturated rings. The van der Waals surface area contributed by atoms with E-state index in [1.165, 1.54) is 23.3 Å². The normalized spacial score (nSPS) is 17.8. The van der Waals surface area contributed by atoms with E-state index < -0.39 is 5.03 Å². The molecule has 1 aromatic heterocycles. The summed E-state index contributed by atoms with van der Waals surface area (Å²) in [5.74, 6) is 0.188. The van der Waals surface area contributed by atoms with Crippen molar-refractivity contribution < 1.29 is 14.5 Å². The molecule has 0 spiro atoms. The fourth-order valence-corrected chi connectivity index (χ4v) is 2.68. The van der Waals surface area contributed by atoms with Crippen LogP contribution < -0.4 is 0 Å². The van der Waals surface area contributed by atoms with Crippen LogP contribution in [-0.2, 0) is 16.0 Å². The third kappa shape index (κ3) is 3.76. The molecule has 1 aliphatic rings. The number of methoxy groups -OCH3 is 1. The van der Waals surface area contributed by atoms with Crippen LogP contribution in [0.1, 0.15) is 4.88 Å². The maximum absolute atomic E-state index is 10.7. The molecular formula is C9H12ClN5O4S. The highest BCUT2D eigenvalue weighted by Crippen LogP contribution is 2.21. The molecule has 0 amide bonds. The monoisotopic (exact) mass is 321 g/mol. The van der Waals surface area contributed by atoms with Crippen LogP contribution in [-0.4, -0.2) is 53.1 Å². The van der Waals surface area contributed by atoms with Gasteiger partial charge >= 0.3 is 0 Å².